The number of hydrogen-bond acceptors (Lipinski definition) is 3. The Labute approximate surface area is 73.7 Å². The van der Waals surface area contributed by atoms with E-state index >= 15 is 0 Å². The fourth-order valence-electron chi connectivity index (χ4n) is 1.58. The molecule has 1 aliphatic rings. The Morgan fingerprint density at radius 2 is 2.42 bits per heavy atom. The highest BCUT2D eigenvalue weighted by Gasteiger charge is 2.19. The van der Waals surface area contributed by atoms with E-state index in [2.05, 4.69) is 10.6 Å². The van der Waals surface area contributed by atoms with Crippen LogP contribution in [-0.4, -0.2) is 25.3 Å². The van der Waals surface area contributed by atoms with Crippen LogP contribution < -0.4 is 10.6 Å². The van der Waals surface area contributed by atoms with Crippen LogP contribution in [0.15, 0.2) is 11.8 Å². The molecule has 1 rings (SSSR count). The van der Waals surface area contributed by atoms with Crippen LogP contribution in [0.2, 0.25) is 0 Å². The maximum absolute atomic E-state index is 7.57. The number of nitrogens with one attached hydrogen (secondary N) is 3. The molecule has 0 radical (unpaired) electrons. The Morgan fingerprint density at radius 3 is 2.83 bits per heavy atom. The summed E-state index contributed by atoms with van der Waals surface area (Å²) in [6.45, 7) is 2.92. The molecule has 1 unspecified atom stereocenters. The maximum Gasteiger partial charge on any atom is 0.0352 e. The van der Waals surface area contributed by atoms with Crippen LogP contribution in [0.1, 0.15) is 19.8 Å². The number of hydrogen-bond donors (Lipinski definition) is 3. The predicted molar refractivity (Wildman–Crippen MR) is 51.6 cm³/mol. The summed E-state index contributed by atoms with van der Waals surface area (Å²) < 4.78 is 0. The highest BCUT2D eigenvalue weighted by atomic mass is 14.9. The van der Waals surface area contributed by atoms with Gasteiger partial charge in [-0.2, -0.15) is 0 Å². The molecular weight excluding hydrogens is 150 g/mol. The van der Waals surface area contributed by atoms with E-state index in [9.17, 15) is 0 Å². The van der Waals surface area contributed by atoms with E-state index in [1.807, 2.05) is 20.2 Å². The van der Waals surface area contributed by atoms with E-state index in [1.165, 1.54) is 6.42 Å². The van der Waals surface area contributed by atoms with Gasteiger partial charge in [-0.05, 0) is 26.3 Å². The van der Waals surface area contributed by atoms with Crippen molar-refractivity contribution in [3.05, 3.63) is 11.8 Å². The molecule has 0 saturated carbocycles. The molecule has 1 aliphatic heterocycles. The average Bonchev–Trinajstić information content (AvgIpc) is 2.51. The van der Waals surface area contributed by atoms with Crippen LogP contribution in [0.3, 0.4) is 0 Å². The zero-order valence-electron chi connectivity index (χ0n) is 7.78. The van der Waals surface area contributed by atoms with Crippen LogP contribution in [-0.2, 0) is 0 Å². The Kier molecular flexibility index (Phi) is 3.29. The number of rotatable bonds is 3. The molecule has 0 aromatic carbocycles. The van der Waals surface area contributed by atoms with Gasteiger partial charge in [-0.15, -0.1) is 0 Å². The van der Waals surface area contributed by atoms with E-state index in [0.29, 0.717) is 11.8 Å². The molecule has 0 aliphatic carbocycles. The zero-order chi connectivity index (χ0) is 8.97. The molecular formula is C9H17N3. The molecule has 0 bridgehead atoms. The lowest BCUT2D eigenvalue weighted by Gasteiger charge is -2.13. The van der Waals surface area contributed by atoms with Crippen molar-refractivity contribution in [2.45, 2.75) is 25.8 Å². The summed E-state index contributed by atoms with van der Waals surface area (Å²) >= 11 is 0. The molecule has 0 spiro atoms. The van der Waals surface area contributed by atoms with Crippen molar-refractivity contribution >= 4 is 5.71 Å². The van der Waals surface area contributed by atoms with Gasteiger partial charge in [0.05, 0.1) is 0 Å². The molecule has 3 nitrogen and oxygen atoms in total. The van der Waals surface area contributed by atoms with Crippen LogP contribution >= 0.6 is 0 Å². The largest absolute Gasteiger partial charge is 0.394 e. The maximum atomic E-state index is 7.57. The van der Waals surface area contributed by atoms with E-state index in [0.717, 1.165) is 18.5 Å². The van der Waals surface area contributed by atoms with Gasteiger partial charge in [-0.25, -0.2) is 0 Å². The fraction of sp³-hybridized carbons (Fsp3) is 0.667. The minimum Gasteiger partial charge on any atom is -0.394 e. The highest BCUT2D eigenvalue weighted by molar-refractivity contribution is 5.96. The molecule has 68 valence electrons. The molecule has 12 heavy (non-hydrogen) atoms. The van der Waals surface area contributed by atoms with Gasteiger partial charge in [0, 0.05) is 30.6 Å². The van der Waals surface area contributed by atoms with Crippen molar-refractivity contribution in [1.82, 2.24) is 10.6 Å². The predicted octanol–water partition coefficient (Wildman–Crippen LogP) is 0.881. The van der Waals surface area contributed by atoms with Crippen molar-refractivity contribution in [2.24, 2.45) is 0 Å². The minimum absolute atomic E-state index is 0.398. The molecule has 1 heterocycles. The summed E-state index contributed by atoms with van der Waals surface area (Å²) in [7, 11) is 1.87. The van der Waals surface area contributed by atoms with Crippen molar-refractivity contribution in [1.29, 1.82) is 5.41 Å². The fourth-order valence-corrected chi connectivity index (χ4v) is 1.58. The van der Waals surface area contributed by atoms with Crippen LogP contribution in [0.5, 0.6) is 0 Å². The molecule has 3 heteroatoms. The molecule has 1 fully saturated rings. The SMILES string of the molecule is CN/C=C(\C(C)=N)C1CCCN1. The second-order valence-electron chi connectivity index (χ2n) is 3.16. The van der Waals surface area contributed by atoms with Gasteiger partial charge in [-0.3, -0.25) is 0 Å². The van der Waals surface area contributed by atoms with Gasteiger partial charge in [-0.1, -0.05) is 0 Å². The lowest BCUT2D eigenvalue weighted by molar-refractivity contribution is 0.703. The first-order valence-corrected chi connectivity index (χ1v) is 4.42. The smallest absolute Gasteiger partial charge is 0.0352 e. The van der Waals surface area contributed by atoms with Gasteiger partial charge in [0.1, 0.15) is 0 Å². The molecule has 0 aromatic rings. The van der Waals surface area contributed by atoms with Crippen LogP contribution in [0.4, 0.5) is 0 Å². The first-order chi connectivity index (χ1) is 5.75. The monoisotopic (exact) mass is 167 g/mol. The molecule has 1 saturated heterocycles. The Balaban J connectivity index is 2.64. The van der Waals surface area contributed by atoms with Crippen molar-refractivity contribution in [3.63, 3.8) is 0 Å². The first kappa shape index (κ1) is 9.26. The highest BCUT2D eigenvalue weighted by Crippen LogP contribution is 2.14. The summed E-state index contributed by atoms with van der Waals surface area (Å²) in [4.78, 5) is 0. The zero-order valence-corrected chi connectivity index (χ0v) is 7.78. The first-order valence-electron chi connectivity index (χ1n) is 4.42. The second-order valence-corrected chi connectivity index (χ2v) is 3.16. The van der Waals surface area contributed by atoms with Crippen molar-refractivity contribution in [3.8, 4) is 0 Å². The summed E-state index contributed by atoms with van der Waals surface area (Å²) in [5.41, 5.74) is 1.75. The minimum atomic E-state index is 0.398. The third kappa shape index (κ3) is 2.08. The van der Waals surface area contributed by atoms with E-state index < -0.39 is 0 Å². The summed E-state index contributed by atoms with van der Waals surface area (Å²) in [5.74, 6) is 0. The summed E-state index contributed by atoms with van der Waals surface area (Å²) in [5, 5.41) is 13.9. The summed E-state index contributed by atoms with van der Waals surface area (Å²) in [6.07, 6.45) is 4.30. The average molecular weight is 167 g/mol. The van der Waals surface area contributed by atoms with Gasteiger partial charge in [0.2, 0.25) is 0 Å². The third-order valence-electron chi connectivity index (χ3n) is 2.17. The third-order valence-corrected chi connectivity index (χ3v) is 2.17. The topological polar surface area (TPSA) is 47.9 Å². The van der Waals surface area contributed by atoms with Crippen LogP contribution in [0.25, 0.3) is 0 Å². The van der Waals surface area contributed by atoms with E-state index in [-0.39, 0.29) is 0 Å². The second kappa shape index (κ2) is 4.26. The Bertz CT molecular complexity index is 190. The van der Waals surface area contributed by atoms with Gasteiger partial charge >= 0.3 is 0 Å². The van der Waals surface area contributed by atoms with E-state index in [4.69, 9.17) is 5.41 Å². The normalized spacial score (nSPS) is 24.2. The Morgan fingerprint density at radius 1 is 1.67 bits per heavy atom. The lowest BCUT2D eigenvalue weighted by atomic mass is 10.0. The molecule has 1 atom stereocenters. The van der Waals surface area contributed by atoms with E-state index in [1.54, 1.807) is 0 Å². The van der Waals surface area contributed by atoms with Gasteiger partial charge in [0.15, 0.2) is 0 Å². The lowest BCUT2D eigenvalue weighted by Crippen LogP contribution is -2.27. The molecule has 0 amide bonds. The molecule has 3 N–H and O–H groups in total. The standard InChI is InChI=1S/C9H17N3/c1-7(10)8(6-11-2)9-4-3-5-12-9/h6,9-12H,3-5H2,1-2H3/b8-6+,10-7?. The molecule has 0 aromatic heterocycles. The van der Waals surface area contributed by atoms with Crippen molar-refractivity contribution < 1.29 is 0 Å². The Hall–Kier alpha value is -0.830. The quantitative estimate of drug-likeness (QED) is 0.546. The van der Waals surface area contributed by atoms with Gasteiger partial charge in [0.25, 0.3) is 0 Å². The summed E-state index contributed by atoms with van der Waals surface area (Å²) in [6, 6.07) is 0.398. The van der Waals surface area contributed by atoms with Crippen LogP contribution in [0, 0.1) is 5.41 Å². The van der Waals surface area contributed by atoms with Crippen molar-refractivity contribution in [2.75, 3.05) is 13.6 Å². The van der Waals surface area contributed by atoms with Gasteiger partial charge < -0.3 is 16.0 Å².